The van der Waals surface area contributed by atoms with E-state index in [0.717, 1.165) is 15.7 Å². The molecule has 2 heterocycles. The number of fused-ring (bicyclic) bond motifs is 2. The molecule has 0 fully saturated rings. The van der Waals surface area contributed by atoms with E-state index in [4.69, 9.17) is 0 Å². The largest absolute Gasteiger partial charge is 0.268 e. The van der Waals surface area contributed by atoms with Crippen molar-refractivity contribution in [3.8, 4) is 0 Å². The molecule has 0 bridgehead atoms. The first kappa shape index (κ1) is 8.55. The standard InChI is InChI=1S/C10H5FN2OS/c11-8-5-15-10-12-7-4-2-1-3-6(7)9(14)13(8)10/h1-5H. The molecule has 0 saturated heterocycles. The summed E-state index contributed by atoms with van der Waals surface area (Å²) in [6.07, 6.45) is 0. The van der Waals surface area contributed by atoms with Gasteiger partial charge in [-0.2, -0.15) is 4.39 Å². The van der Waals surface area contributed by atoms with E-state index in [1.165, 1.54) is 5.38 Å². The minimum atomic E-state index is -0.557. The summed E-state index contributed by atoms with van der Waals surface area (Å²) in [6, 6.07) is 6.93. The number of rotatable bonds is 0. The first-order valence-corrected chi connectivity index (χ1v) is 5.20. The molecule has 3 aromatic rings. The first-order valence-electron chi connectivity index (χ1n) is 4.32. The van der Waals surface area contributed by atoms with E-state index in [0.29, 0.717) is 15.9 Å². The average molecular weight is 220 g/mol. The van der Waals surface area contributed by atoms with Crippen molar-refractivity contribution < 1.29 is 4.39 Å². The van der Waals surface area contributed by atoms with Crippen molar-refractivity contribution in [3.05, 3.63) is 45.9 Å². The van der Waals surface area contributed by atoms with Gasteiger partial charge in [0.15, 0.2) is 4.96 Å². The second-order valence-corrected chi connectivity index (χ2v) is 3.95. The molecule has 5 heteroatoms. The Morgan fingerprint density at radius 2 is 2.13 bits per heavy atom. The number of benzene rings is 1. The Morgan fingerprint density at radius 1 is 1.33 bits per heavy atom. The van der Waals surface area contributed by atoms with Gasteiger partial charge in [-0.25, -0.2) is 9.38 Å². The fourth-order valence-electron chi connectivity index (χ4n) is 1.53. The van der Waals surface area contributed by atoms with Crippen LogP contribution in [-0.4, -0.2) is 9.38 Å². The van der Waals surface area contributed by atoms with Gasteiger partial charge >= 0.3 is 0 Å². The van der Waals surface area contributed by atoms with Crippen molar-refractivity contribution in [1.82, 2.24) is 9.38 Å². The molecule has 0 N–H and O–H groups in total. The number of hydrogen-bond acceptors (Lipinski definition) is 3. The van der Waals surface area contributed by atoms with Crippen LogP contribution in [0.15, 0.2) is 34.4 Å². The highest BCUT2D eigenvalue weighted by molar-refractivity contribution is 7.15. The summed E-state index contributed by atoms with van der Waals surface area (Å²) in [5, 5.41) is 1.72. The number of nitrogens with zero attached hydrogens (tertiary/aromatic N) is 2. The fraction of sp³-hybridized carbons (Fsp3) is 0. The summed E-state index contributed by atoms with van der Waals surface area (Å²) in [7, 11) is 0. The van der Waals surface area contributed by atoms with Crippen LogP contribution in [0.3, 0.4) is 0 Å². The van der Waals surface area contributed by atoms with Crippen molar-refractivity contribution in [2.45, 2.75) is 0 Å². The predicted octanol–water partition coefficient (Wildman–Crippen LogP) is 2.05. The summed E-state index contributed by atoms with van der Waals surface area (Å²) >= 11 is 1.12. The highest BCUT2D eigenvalue weighted by Gasteiger charge is 2.09. The molecule has 3 rings (SSSR count). The molecule has 74 valence electrons. The Labute approximate surface area is 87.4 Å². The number of hydrogen-bond donors (Lipinski definition) is 0. The Kier molecular flexibility index (Phi) is 1.63. The molecule has 0 amide bonds. The van der Waals surface area contributed by atoms with Crippen LogP contribution in [0.2, 0.25) is 0 Å². The van der Waals surface area contributed by atoms with Crippen LogP contribution in [0, 0.1) is 5.95 Å². The monoisotopic (exact) mass is 220 g/mol. The molecule has 0 aliphatic carbocycles. The highest BCUT2D eigenvalue weighted by Crippen LogP contribution is 2.14. The summed E-state index contributed by atoms with van der Waals surface area (Å²) in [6.45, 7) is 0. The van der Waals surface area contributed by atoms with Gasteiger partial charge in [0.05, 0.1) is 10.9 Å². The van der Waals surface area contributed by atoms with Crippen LogP contribution in [0.25, 0.3) is 15.9 Å². The molecule has 0 saturated carbocycles. The highest BCUT2D eigenvalue weighted by atomic mass is 32.1. The van der Waals surface area contributed by atoms with Gasteiger partial charge in [-0.15, -0.1) is 11.3 Å². The second-order valence-electron chi connectivity index (χ2n) is 3.11. The maximum atomic E-state index is 13.3. The van der Waals surface area contributed by atoms with Gasteiger partial charge < -0.3 is 0 Å². The molecule has 1 aromatic carbocycles. The van der Waals surface area contributed by atoms with Crippen molar-refractivity contribution in [1.29, 1.82) is 0 Å². The van der Waals surface area contributed by atoms with Crippen molar-refractivity contribution in [2.75, 3.05) is 0 Å². The second kappa shape index (κ2) is 2.87. The Morgan fingerprint density at radius 3 is 3.00 bits per heavy atom. The van der Waals surface area contributed by atoms with Gasteiger partial charge in [0.2, 0.25) is 5.95 Å². The van der Waals surface area contributed by atoms with Crippen LogP contribution in [0.1, 0.15) is 0 Å². The molecule has 2 aromatic heterocycles. The van der Waals surface area contributed by atoms with E-state index in [2.05, 4.69) is 4.98 Å². The van der Waals surface area contributed by atoms with Gasteiger partial charge in [0.25, 0.3) is 5.56 Å². The summed E-state index contributed by atoms with van der Waals surface area (Å²) in [4.78, 5) is 16.4. The lowest BCUT2D eigenvalue weighted by molar-refractivity contribution is 0.569. The number of thiazole rings is 1. The number of aromatic nitrogens is 2. The van der Waals surface area contributed by atoms with Crippen LogP contribution in [-0.2, 0) is 0 Å². The molecule has 0 atom stereocenters. The van der Waals surface area contributed by atoms with Crippen molar-refractivity contribution >= 4 is 27.2 Å². The quantitative estimate of drug-likeness (QED) is 0.581. The molecule has 0 aliphatic rings. The van der Waals surface area contributed by atoms with Gasteiger partial charge in [-0.3, -0.25) is 4.79 Å². The Bertz CT molecular complexity index is 716. The molecule has 3 nitrogen and oxygen atoms in total. The summed E-state index contributed by atoms with van der Waals surface area (Å²) in [5.74, 6) is -0.557. The Balaban J connectivity index is 2.69. The third-order valence-electron chi connectivity index (χ3n) is 2.22. The smallest absolute Gasteiger partial charge is 0.268 e. The molecule has 0 aliphatic heterocycles. The molecular formula is C10H5FN2OS. The van der Waals surface area contributed by atoms with Crippen molar-refractivity contribution in [3.63, 3.8) is 0 Å². The molecule has 0 radical (unpaired) electrons. The lowest BCUT2D eigenvalue weighted by Crippen LogP contribution is -2.15. The molecule has 0 unspecified atom stereocenters. The number of para-hydroxylation sites is 1. The maximum Gasteiger partial charge on any atom is 0.268 e. The van der Waals surface area contributed by atoms with Gasteiger partial charge in [-0.1, -0.05) is 12.1 Å². The van der Waals surface area contributed by atoms with E-state index in [9.17, 15) is 9.18 Å². The van der Waals surface area contributed by atoms with Gasteiger partial charge in [0, 0.05) is 5.38 Å². The third-order valence-corrected chi connectivity index (χ3v) is 3.02. The predicted molar refractivity (Wildman–Crippen MR) is 56.8 cm³/mol. The van der Waals surface area contributed by atoms with E-state index in [-0.39, 0.29) is 5.56 Å². The number of halogens is 1. The zero-order valence-electron chi connectivity index (χ0n) is 7.48. The van der Waals surface area contributed by atoms with Crippen molar-refractivity contribution in [2.24, 2.45) is 0 Å². The zero-order valence-corrected chi connectivity index (χ0v) is 8.29. The fourth-order valence-corrected chi connectivity index (χ4v) is 2.27. The van der Waals surface area contributed by atoms with E-state index >= 15 is 0 Å². The molecular weight excluding hydrogens is 215 g/mol. The van der Waals surface area contributed by atoms with E-state index in [1.807, 2.05) is 0 Å². The minimum Gasteiger partial charge on any atom is -0.268 e. The van der Waals surface area contributed by atoms with E-state index < -0.39 is 5.95 Å². The third kappa shape index (κ3) is 1.10. The molecule has 15 heavy (non-hydrogen) atoms. The topological polar surface area (TPSA) is 34.4 Å². The lowest BCUT2D eigenvalue weighted by Gasteiger charge is -1.97. The van der Waals surface area contributed by atoms with E-state index in [1.54, 1.807) is 24.3 Å². The summed E-state index contributed by atoms with van der Waals surface area (Å²) in [5.41, 5.74) is 0.249. The lowest BCUT2D eigenvalue weighted by atomic mass is 10.2. The zero-order chi connectivity index (χ0) is 10.4. The summed E-state index contributed by atoms with van der Waals surface area (Å²) < 4.78 is 14.3. The Hall–Kier alpha value is -1.75. The van der Waals surface area contributed by atoms with Gasteiger partial charge in [0.1, 0.15) is 0 Å². The van der Waals surface area contributed by atoms with Crippen LogP contribution in [0.5, 0.6) is 0 Å². The maximum absolute atomic E-state index is 13.3. The van der Waals surface area contributed by atoms with Crippen LogP contribution in [0.4, 0.5) is 4.39 Å². The SMILES string of the molecule is O=c1c2ccccc2nc2scc(F)n12. The van der Waals surface area contributed by atoms with Crippen LogP contribution < -0.4 is 5.56 Å². The van der Waals surface area contributed by atoms with Gasteiger partial charge in [-0.05, 0) is 12.1 Å². The first-order chi connectivity index (χ1) is 7.27. The normalized spacial score (nSPS) is 11.3. The minimum absolute atomic E-state index is 0.352. The average Bonchev–Trinajstić information content (AvgIpc) is 2.61. The van der Waals surface area contributed by atoms with Crippen LogP contribution >= 0.6 is 11.3 Å². The molecule has 0 spiro atoms.